The van der Waals surface area contributed by atoms with Gasteiger partial charge in [0.15, 0.2) is 8.22 Å². The van der Waals surface area contributed by atoms with E-state index in [-0.39, 0.29) is 0 Å². The molecule has 0 N–H and O–H groups in total. The van der Waals surface area contributed by atoms with Crippen molar-refractivity contribution in [3.8, 4) is 0 Å². The van der Waals surface area contributed by atoms with Crippen molar-refractivity contribution in [2.24, 2.45) is 9.53 Å². The fourth-order valence-corrected chi connectivity index (χ4v) is 1.13. The molecule has 0 aromatic rings. The summed E-state index contributed by atoms with van der Waals surface area (Å²) in [4.78, 5) is 0. The molecule has 0 rings (SSSR count). The Bertz CT molecular complexity index is 139. The Morgan fingerprint density at radius 3 is 1.88 bits per heavy atom. The third-order valence-corrected chi connectivity index (χ3v) is 1.60. The molecular formula is C3H3N2PS2. The SMILES string of the molecule is CP(N=C=S)N=C=S. The van der Waals surface area contributed by atoms with E-state index >= 15 is 0 Å². The second-order valence-electron chi connectivity index (χ2n) is 0.872. The van der Waals surface area contributed by atoms with Gasteiger partial charge in [-0.2, -0.15) is 9.53 Å². The van der Waals surface area contributed by atoms with Gasteiger partial charge in [0.25, 0.3) is 0 Å². The summed E-state index contributed by atoms with van der Waals surface area (Å²) < 4.78 is 7.30. The summed E-state index contributed by atoms with van der Waals surface area (Å²) in [7, 11) is -0.761. The van der Waals surface area contributed by atoms with Crippen LogP contribution in [0.4, 0.5) is 0 Å². The monoisotopic (exact) mass is 162 g/mol. The van der Waals surface area contributed by atoms with Crippen LogP contribution in [0.2, 0.25) is 0 Å². The Morgan fingerprint density at radius 1 is 1.25 bits per heavy atom. The molecule has 0 saturated heterocycles. The maximum absolute atomic E-state index is 4.32. The van der Waals surface area contributed by atoms with Crippen LogP contribution in [0.25, 0.3) is 0 Å². The van der Waals surface area contributed by atoms with Gasteiger partial charge in [-0.3, -0.25) is 0 Å². The maximum atomic E-state index is 4.32. The molecule has 8 heavy (non-hydrogen) atoms. The Hall–Kier alpha value is 0.0300. The van der Waals surface area contributed by atoms with Crippen LogP contribution in [-0.4, -0.2) is 17.0 Å². The predicted octanol–water partition coefficient (Wildman–Crippen LogP) is 2.13. The summed E-state index contributed by atoms with van der Waals surface area (Å²) >= 11 is 8.64. The minimum atomic E-state index is -0.761. The molecule has 0 aromatic heterocycles. The summed E-state index contributed by atoms with van der Waals surface area (Å²) in [6.07, 6.45) is 0. The summed E-state index contributed by atoms with van der Waals surface area (Å²) in [5.74, 6) is 0. The van der Waals surface area contributed by atoms with Crippen molar-refractivity contribution in [2.45, 2.75) is 0 Å². The fourth-order valence-electron chi connectivity index (χ4n) is 0.141. The number of isothiocyanates is 2. The van der Waals surface area contributed by atoms with Crippen LogP contribution in [-0.2, 0) is 0 Å². The summed E-state index contributed by atoms with van der Waals surface area (Å²) in [6.45, 7) is 1.81. The van der Waals surface area contributed by atoms with Crippen LogP contribution in [0.1, 0.15) is 0 Å². The first kappa shape index (κ1) is 8.03. The lowest BCUT2D eigenvalue weighted by Crippen LogP contribution is -1.53. The second kappa shape index (κ2) is 5.17. The molecule has 0 amide bonds. The van der Waals surface area contributed by atoms with E-state index in [1.165, 1.54) is 0 Å². The van der Waals surface area contributed by atoms with Crippen molar-refractivity contribution in [2.75, 3.05) is 6.66 Å². The van der Waals surface area contributed by atoms with Gasteiger partial charge in [0.2, 0.25) is 0 Å². The van der Waals surface area contributed by atoms with Gasteiger partial charge in [-0.05, 0) is 31.1 Å². The Balaban J connectivity index is 3.82. The highest BCUT2D eigenvalue weighted by Crippen LogP contribution is 2.31. The van der Waals surface area contributed by atoms with Gasteiger partial charge >= 0.3 is 0 Å². The molecule has 0 aliphatic rings. The van der Waals surface area contributed by atoms with Crippen molar-refractivity contribution >= 4 is 43.0 Å². The van der Waals surface area contributed by atoms with E-state index in [4.69, 9.17) is 0 Å². The van der Waals surface area contributed by atoms with Crippen LogP contribution in [0.5, 0.6) is 0 Å². The normalized spacial score (nSPS) is 10.6. The molecule has 0 bridgehead atoms. The van der Waals surface area contributed by atoms with E-state index in [0.717, 1.165) is 0 Å². The Labute approximate surface area is 59.6 Å². The van der Waals surface area contributed by atoms with Gasteiger partial charge in [0.05, 0.1) is 10.3 Å². The lowest BCUT2D eigenvalue weighted by molar-refractivity contribution is 1.78. The topological polar surface area (TPSA) is 24.7 Å². The van der Waals surface area contributed by atoms with E-state index < -0.39 is 8.22 Å². The molecule has 0 fully saturated rings. The van der Waals surface area contributed by atoms with E-state index in [9.17, 15) is 0 Å². The Kier molecular flexibility index (Phi) is 5.19. The van der Waals surface area contributed by atoms with Crippen molar-refractivity contribution in [1.82, 2.24) is 0 Å². The number of hydrogen-bond acceptors (Lipinski definition) is 4. The number of thiocarbonyl (C=S) groups is 2. The van der Waals surface area contributed by atoms with E-state index in [2.05, 4.69) is 44.3 Å². The van der Waals surface area contributed by atoms with Gasteiger partial charge in [-0.1, -0.05) is 0 Å². The summed E-state index contributed by atoms with van der Waals surface area (Å²) in [6, 6.07) is 0. The number of nitrogens with zero attached hydrogens (tertiary/aromatic N) is 2. The lowest BCUT2D eigenvalue weighted by atomic mass is 11.8. The molecule has 0 unspecified atom stereocenters. The Morgan fingerprint density at radius 2 is 1.62 bits per heavy atom. The van der Waals surface area contributed by atoms with E-state index in [1.54, 1.807) is 0 Å². The van der Waals surface area contributed by atoms with Crippen LogP contribution in [0.3, 0.4) is 0 Å². The average Bonchev–Trinajstić information content (AvgIpc) is 1.68. The molecule has 2 nitrogen and oxygen atoms in total. The first-order chi connectivity index (χ1) is 3.81. The average molecular weight is 162 g/mol. The smallest absolute Gasteiger partial charge is 0.156 e. The van der Waals surface area contributed by atoms with Gasteiger partial charge < -0.3 is 0 Å². The zero-order valence-electron chi connectivity index (χ0n) is 4.16. The molecule has 0 heterocycles. The third kappa shape index (κ3) is 4.20. The molecule has 5 heteroatoms. The zero-order valence-corrected chi connectivity index (χ0v) is 6.69. The second-order valence-corrected chi connectivity index (χ2v) is 2.62. The first-order valence-corrected chi connectivity index (χ1v) is 4.21. The van der Waals surface area contributed by atoms with Crippen molar-refractivity contribution < 1.29 is 0 Å². The van der Waals surface area contributed by atoms with E-state index in [1.807, 2.05) is 6.66 Å². The summed E-state index contributed by atoms with van der Waals surface area (Å²) in [5.41, 5.74) is 0. The molecule has 0 aliphatic carbocycles. The van der Waals surface area contributed by atoms with Crippen molar-refractivity contribution in [1.29, 1.82) is 0 Å². The minimum Gasteiger partial charge on any atom is -0.183 e. The minimum absolute atomic E-state index is 0.761. The molecule has 0 spiro atoms. The van der Waals surface area contributed by atoms with Crippen LogP contribution >= 0.6 is 32.7 Å². The first-order valence-electron chi connectivity index (χ1n) is 1.70. The molecule has 0 atom stereocenters. The summed E-state index contributed by atoms with van der Waals surface area (Å²) in [5, 5.41) is 4.42. The lowest BCUT2D eigenvalue weighted by Gasteiger charge is -1.85. The largest absolute Gasteiger partial charge is 0.183 e. The predicted molar refractivity (Wildman–Crippen MR) is 42.9 cm³/mol. The highest BCUT2D eigenvalue weighted by atomic mass is 32.1. The van der Waals surface area contributed by atoms with Gasteiger partial charge in [0.1, 0.15) is 0 Å². The molecule has 0 radical (unpaired) electrons. The zero-order chi connectivity index (χ0) is 6.41. The van der Waals surface area contributed by atoms with Crippen LogP contribution in [0, 0.1) is 0 Å². The fraction of sp³-hybridized carbons (Fsp3) is 0.333. The van der Waals surface area contributed by atoms with E-state index in [0.29, 0.717) is 0 Å². The van der Waals surface area contributed by atoms with Gasteiger partial charge in [-0.15, -0.1) is 0 Å². The highest BCUT2D eigenvalue weighted by molar-refractivity contribution is 7.79. The standard InChI is InChI=1S/C3H3N2PS2/c1-6(4-2-7)5-3-8/h1H3. The van der Waals surface area contributed by atoms with Crippen molar-refractivity contribution in [3.63, 3.8) is 0 Å². The third-order valence-electron chi connectivity index (χ3n) is 0.371. The molecule has 0 saturated carbocycles. The van der Waals surface area contributed by atoms with Crippen LogP contribution in [0.15, 0.2) is 9.53 Å². The maximum Gasteiger partial charge on any atom is 0.156 e. The molecule has 42 valence electrons. The molecular weight excluding hydrogens is 159 g/mol. The molecule has 0 aliphatic heterocycles. The highest BCUT2D eigenvalue weighted by Gasteiger charge is 1.86. The quantitative estimate of drug-likeness (QED) is 0.353. The number of hydrogen-bond donors (Lipinski definition) is 0. The van der Waals surface area contributed by atoms with Crippen LogP contribution < -0.4 is 0 Å². The van der Waals surface area contributed by atoms with Crippen molar-refractivity contribution in [3.05, 3.63) is 0 Å². The van der Waals surface area contributed by atoms with Gasteiger partial charge in [0, 0.05) is 0 Å². The molecule has 0 aromatic carbocycles. The van der Waals surface area contributed by atoms with Gasteiger partial charge in [-0.25, -0.2) is 0 Å². The number of rotatable bonds is 2.